The molecule has 1 aromatic heterocycles. The van der Waals surface area contributed by atoms with E-state index in [1.54, 1.807) is 6.92 Å². The summed E-state index contributed by atoms with van der Waals surface area (Å²) in [4.78, 5) is 15.5. The molecule has 1 aliphatic rings. The van der Waals surface area contributed by atoms with Gasteiger partial charge >= 0.3 is 5.97 Å². The number of aromatic nitrogens is 1. The molecule has 1 saturated heterocycles. The smallest absolute Gasteiger partial charge is 0.309 e. The van der Waals surface area contributed by atoms with Crippen molar-refractivity contribution in [3.8, 4) is 0 Å². The summed E-state index contributed by atoms with van der Waals surface area (Å²) < 4.78 is 31.1. The number of nitrogens with zero attached hydrogens (tertiary/aromatic N) is 2. The lowest BCUT2D eigenvalue weighted by Gasteiger charge is -2.29. The second-order valence-electron chi connectivity index (χ2n) is 4.42. The van der Waals surface area contributed by atoms with Crippen LogP contribution >= 0.6 is 11.3 Å². The molecule has 0 amide bonds. The topological polar surface area (TPSA) is 76.6 Å². The number of sulfonamides is 1. The van der Waals surface area contributed by atoms with Gasteiger partial charge in [0.25, 0.3) is 10.0 Å². The van der Waals surface area contributed by atoms with E-state index in [4.69, 9.17) is 4.74 Å². The van der Waals surface area contributed by atoms with Crippen LogP contribution in [0.25, 0.3) is 0 Å². The number of carbonyl (C=O) groups is 1. The van der Waals surface area contributed by atoms with Gasteiger partial charge in [0.05, 0.1) is 24.2 Å². The van der Waals surface area contributed by atoms with Crippen molar-refractivity contribution < 1.29 is 17.9 Å². The summed E-state index contributed by atoms with van der Waals surface area (Å²) in [5.41, 5.74) is 0. The van der Waals surface area contributed by atoms with Gasteiger partial charge in [-0.3, -0.25) is 4.79 Å². The molecule has 0 saturated carbocycles. The predicted octanol–water partition coefficient (Wildman–Crippen LogP) is 1.03. The molecule has 2 heterocycles. The summed E-state index contributed by atoms with van der Waals surface area (Å²) in [5, 5.41) is 0.708. The van der Waals surface area contributed by atoms with Gasteiger partial charge in [0.15, 0.2) is 4.21 Å². The SMILES string of the molecule is COC(=O)C1CCCN(S(=O)(=O)c2cnc(C)s2)C1. The molecule has 6 nitrogen and oxygen atoms in total. The molecule has 1 aliphatic heterocycles. The second-order valence-corrected chi connectivity index (χ2v) is 7.82. The van der Waals surface area contributed by atoms with Gasteiger partial charge in [0.1, 0.15) is 0 Å². The third-order valence-electron chi connectivity index (χ3n) is 3.11. The molecule has 0 spiro atoms. The van der Waals surface area contributed by atoms with Crippen molar-refractivity contribution in [3.63, 3.8) is 0 Å². The van der Waals surface area contributed by atoms with Crippen molar-refractivity contribution >= 4 is 27.3 Å². The third-order valence-corrected chi connectivity index (χ3v) is 6.33. The molecule has 0 aliphatic carbocycles. The number of hydrogen-bond donors (Lipinski definition) is 0. The summed E-state index contributed by atoms with van der Waals surface area (Å²) >= 11 is 1.15. The summed E-state index contributed by atoms with van der Waals surface area (Å²) in [5.74, 6) is -0.720. The fourth-order valence-electron chi connectivity index (χ4n) is 2.11. The quantitative estimate of drug-likeness (QED) is 0.779. The molecule has 1 fully saturated rings. The zero-order valence-electron chi connectivity index (χ0n) is 10.8. The maximum atomic E-state index is 12.4. The Morgan fingerprint density at radius 2 is 2.32 bits per heavy atom. The molecule has 1 aromatic rings. The highest BCUT2D eigenvalue weighted by molar-refractivity contribution is 7.91. The molecule has 106 valence electrons. The first-order valence-electron chi connectivity index (χ1n) is 5.95. The highest BCUT2D eigenvalue weighted by Gasteiger charge is 2.34. The Hall–Kier alpha value is -0.990. The highest BCUT2D eigenvalue weighted by atomic mass is 32.2. The number of aryl methyl sites for hydroxylation is 1. The maximum Gasteiger partial charge on any atom is 0.309 e. The van der Waals surface area contributed by atoms with Crippen molar-refractivity contribution in [2.24, 2.45) is 5.92 Å². The zero-order chi connectivity index (χ0) is 14.0. The van der Waals surface area contributed by atoms with E-state index in [1.807, 2.05) is 0 Å². The number of thiazole rings is 1. The van der Waals surface area contributed by atoms with Gasteiger partial charge < -0.3 is 4.74 Å². The van der Waals surface area contributed by atoms with Crippen LogP contribution in [0, 0.1) is 12.8 Å². The first-order valence-corrected chi connectivity index (χ1v) is 8.21. The second kappa shape index (κ2) is 5.56. The van der Waals surface area contributed by atoms with Gasteiger partial charge in [0, 0.05) is 13.1 Å². The Bertz CT molecular complexity index is 567. The minimum absolute atomic E-state index is 0.186. The van der Waals surface area contributed by atoms with E-state index in [9.17, 15) is 13.2 Å². The third kappa shape index (κ3) is 2.96. The first-order chi connectivity index (χ1) is 8.95. The summed E-state index contributed by atoms with van der Waals surface area (Å²) in [6, 6.07) is 0. The van der Waals surface area contributed by atoms with Gasteiger partial charge in [-0.05, 0) is 19.8 Å². The molecule has 0 aromatic carbocycles. The number of hydrogen-bond acceptors (Lipinski definition) is 6. The zero-order valence-corrected chi connectivity index (χ0v) is 12.5. The van der Waals surface area contributed by atoms with Crippen LogP contribution in [-0.4, -0.2) is 43.9 Å². The Morgan fingerprint density at radius 1 is 1.58 bits per heavy atom. The fraction of sp³-hybridized carbons (Fsp3) is 0.636. The Labute approximate surface area is 116 Å². The van der Waals surface area contributed by atoms with E-state index in [-0.39, 0.29) is 22.6 Å². The van der Waals surface area contributed by atoms with E-state index in [0.29, 0.717) is 24.4 Å². The minimum atomic E-state index is -3.53. The highest BCUT2D eigenvalue weighted by Crippen LogP contribution is 2.27. The molecular formula is C11H16N2O4S2. The standard InChI is InChI=1S/C11H16N2O4S2/c1-8-12-6-10(18-8)19(15,16)13-5-3-4-9(7-13)11(14)17-2/h6,9H,3-5,7H2,1-2H3. The Morgan fingerprint density at radius 3 is 2.89 bits per heavy atom. The number of esters is 1. The van der Waals surface area contributed by atoms with Crippen LogP contribution in [0.5, 0.6) is 0 Å². The first kappa shape index (κ1) is 14.4. The number of carbonyl (C=O) groups excluding carboxylic acids is 1. The van der Waals surface area contributed by atoms with E-state index >= 15 is 0 Å². The van der Waals surface area contributed by atoms with E-state index in [0.717, 1.165) is 11.3 Å². The molecule has 19 heavy (non-hydrogen) atoms. The van der Waals surface area contributed by atoms with Crippen LogP contribution in [0.4, 0.5) is 0 Å². The van der Waals surface area contributed by atoms with Crippen molar-refractivity contribution in [1.29, 1.82) is 0 Å². The van der Waals surface area contributed by atoms with E-state index in [2.05, 4.69) is 4.98 Å². The lowest BCUT2D eigenvalue weighted by molar-refractivity contribution is -0.146. The summed E-state index contributed by atoms with van der Waals surface area (Å²) in [6.45, 7) is 2.38. The molecule has 1 unspecified atom stereocenters. The summed E-state index contributed by atoms with van der Waals surface area (Å²) in [7, 11) is -2.21. The molecule has 0 N–H and O–H groups in total. The van der Waals surface area contributed by atoms with Crippen LogP contribution in [0.2, 0.25) is 0 Å². The maximum absolute atomic E-state index is 12.4. The lowest BCUT2D eigenvalue weighted by Crippen LogP contribution is -2.42. The molecular weight excluding hydrogens is 288 g/mol. The Balaban J connectivity index is 2.19. The molecule has 0 radical (unpaired) electrons. The monoisotopic (exact) mass is 304 g/mol. The van der Waals surface area contributed by atoms with E-state index in [1.165, 1.54) is 17.6 Å². The molecule has 1 atom stereocenters. The number of rotatable bonds is 3. The lowest BCUT2D eigenvalue weighted by atomic mass is 10.0. The Kier molecular flexibility index (Phi) is 4.22. The number of piperidine rings is 1. The van der Waals surface area contributed by atoms with Gasteiger partial charge in [-0.1, -0.05) is 0 Å². The van der Waals surface area contributed by atoms with Crippen molar-refractivity contribution in [1.82, 2.24) is 9.29 Å². The van der Waals surface area contributed by atoms with Crippen molar-refractivity contribution in [3.05, 3.63) is 11.2 Å². The largest absolute Gasteiger partial charge is 0.469 e. The minimum Gasteiger partial charge on any atom is -0.469 e. The number of methoxy groups -OCH3 is 1. The van der Waals surface area contributed by atoms with Crippen LogP contribution in [0.1, 0.15) is 17.8 Å². The van der Waals surface area contributed by atoms with Gasteiger partial charge in [-0.15, -0.1) is 11.3 Å². The fourth-order valence-corrected chi connectivity index (χ4v) is 4.90. The van der Waals surface area contributed by atoms with Gasteiger partial charge in [-0.2, -0.15) is 4.31 Å². The average Bonchev–Trinajstić information content (AvgIpc) is 2.85. The van der Waals surface area contributed by atoms with Crippen LogP contribution < -0.4 is 0 Å². The summed E-state index contributed by atoms with van der Waals surface area (Å²) in [6.07, 6.45) is 2.70. The predicted molar refractivity (Wildman–Crippen MR) is 70.3 cm³/mol. The van der Waals surface area contributed by atoms with Crippen LogP contribution in [0.15, 0.2) is 10.4 Å². The molecule has 2 rings (SSSR count). The molecule has 0 bridgehead atoms. The van der Waals surface area contributed by atoms with Gasteiger partial charge in [-0.25, -0.2) is 13.4 Å². The van der Waals surface area contributed by atoms with Gasteiger partial charge in [0.2, 0.25) is 0 Å². The molecule has 8 heteroatoms. The van der Waals surface area contributed by atoms with Crippen LogP contribution in [-0.2, 0) is 19.6 Å². The van der Waals surface area contributed by atoms with Crippen molar-refractivity contribution in [2.75, 3.05) is 20.2 Å². The number of ether oxygens (including phenoxy) is 1. The van der Waals surface area contributed by atoms with Crippen molar-refractivity contribution in [2.45, 2.75) is 24.0 Å². The van der Waals surface area contributed by atoms with E-state index < -0.39 is 10.0 Å². The average molecular weight is 304 g/mol. The van der Waals surface area contributed by atoms with Crippen LogP contribution in [0.3, 0.4) is 0 Å². The normalized spacial score (nSPS) is 21.3.